The Kier molecular flexibility index (Phi) is 4.70. The average Bonchev–Trinajstić information content (AvgIpc) is 2.91. The highest BCUT2D eigenvalue weighted by Gasteiger charge is 2.15. The first kappa shape index (κ1) is 13.5. The van der Waals surface area contributed by atoms with Crippen LogP contribution in [-0.4, -0.2) is 62.9 Å². The van der Waals surface area contributed by atoms with Gasteiger partial charge in [-0.3, -0.25) is 10.00 Å². The van der Waals surface area contributed by atoms with Crippen molar-refractivity contribution >= 4 is 10.0 Å². The minimum absolute atomic E-state index is 0.175. The summed E-state index contributed by atoms with van der Waals surface area (Å²) in [5.74, 6) is 0. The van der Waals surface area contributed by atoms with Crippen LogP contribution in [0.3, 0.4) is 0 Å². The number of hydrogen-bond acceptors (Lipinski definition) is 5. The second-order valence-electron chi connectivity index (χ2n) is 4.14. The smallest absolute Gasteiger partial charge is 0.243 e. The molecule has 1 fully saturated rings. The maximum absolute atomic E-state index is 11.7. The fourth-order valence-electron chi connectivity index (χ4n) is 1.80. The molecule has 0 spiro atoms. The van der Waals surface area contributed by atoms with Gasteiger partial charge in [0.2, 0.25) is 10.0 Å². The number of morpholine rings is 1. The van der Waals surface area contributed by atoms with Crippen molar-refractivity contribution in [2.24, 2.45) is 0 Å². The van der Waals surface area contributed by atoms with E-state index in [2.05, 4.69) is 19.8 Å². The number of rotatable bonds is 6. The molecule has 0 aromatic carbocycles. The predicted molar refractivity (Wildman–Crippen MR) is 65.7 cm³/mol. The van der Waals surface area contributed by atoms with Crippen LogP contribution in [0.15, 0.2) is 17.3 Å². The quantitative estimate of drug-likeness (QED) is 0.677. The largest absolute Gasteiger partial charge is 0.379 e. The number of aromatic amines is 1. The predicted octanol–water partition coefficient (Wildman–Crippen LogP) is -0.590. The topological polar surface area (TPSA) is 87.3 Å². The third-order valence-electron chi connectivity index (χ3n) is 2.83. The molecule has 8 heteroatoms. The van der Waals surface area contributed by atoms with Gasteiger partial charge in [-0.2, -0.15) is 5.10 Å². The van der Waals surface area contributed by atoms with Crippen LogP contribution in [0.4, 0.5) is 0 Å². The van der Waals surface area contributed by atoms with Gasteiger partial charge in [-0.05, 0) is 13.0 Å². The summed E-state index contributed by atoms with van der Waals surface area (Å²) in [5.41, 5.74) is 0. The Morgan fingerprint density at radius 2 is 2.22 bits per heavy atom. The first-order valence-electron chi connectivity index (χ1n) is 5.97. The van der Waals surface area contributed by atoms with Crippen molar-refractivity contribution in [1.82, 2.24) is 19.8 Å². The van der Waals surface area contributed by atoms with E-state index >= 15 is 0 Å². The molecular formula is C10H18N4O3S. The van der Waals surface area contributed by atoms with Gasteiger partial charge >= 0.3 is 0 Å². The molecule has 0 unspecified atom stereocenters. The number of sulfonamides is 1. The highest BCUT2D eigenvalue weighted by molar-refractivity contribution is 7.89. The molecular weight excluding hydrogens is 256 g/mol. The summed E-state index contributed by atoms with van der Waals surface area (Å²) in [6, 6.07) is 0. The van der Waals surface area contributed by atoms with Crippen LogP contribution in [0.5, 0.6) is 0 Å². The van der Waals surface area contributed by atoms with Crippen LogP contribution in [0.25, 0.3) is 0 Å². The molecule has 2 rings (SSSR count). The highest BCUT2D eigenvalue weighted by Crippen LogP contribution is 2.04. The lowest BCUT2D eigenvalue weighted by atomic mass is 10.3. The number of ether oxygens (including phenoxy) is 1. The normalized spacial score (nSPS) is 18.0. The van der Waals surface area contributed by atoms with E-state index in [0.29, 0.717) is 6.54 Å². The Morgan fingerprint density at radius 1 is 1.44 bits per heavy atom. The van der Waals surface area contributed by atoms with E-state index in [0.717, 1.165) is 39.3 Å². The molecule has 1 aromatic heterocycles. The molecule has 1 aromatic rings. The van der Waals surface area contributed by atoms with Gasteiger partial charge in [0.25, 0.3) is 0 Å². The summed E-state index contributed by atoms with van der Waals surface area (Å²) in [7, 11) is -3.41. The van der Waals surface area contributed by atoms with Gasteiger partial charge in [-0.25, -0.2) is 13.1 Å². The lowest BCUT2D eigenvalue weighted by Crippen LogP contribution is -2.38. The molecule has 0 bridgehead atoms. The van der Waals surface area contributed by atoms with Gasteiger partial charge in [0.15, 0.2) is 0 Å². The number of hydrogen-bond donors (Lipinski definition) is 2. The van der Waals surface area contributed by atoms with Gasteiger partial charge in [0.1, 0.15) is 4.90 Å². The first-order chi connectivity index (χ1) is 8.68. The van der Waals surface area contributed by atoms with Crippen LogP contribution in [0.2, 0.25) is 0 Å². The van der Waals surface area contributed by atoms with E-state index < -0.39 is 10.0 Å². The van der Waals surface area contributed by atoms with E-state index in [1.54, 1.807) is 0 Å². The van der Waals surface area contributed by atoms with Crippen molar-refractivity contribution < 1.29 is 13.2 Å². The molecule has 0 saturated carbocycles. The molecule has 2 heterocycles. The summed E-state index contributed by atoms with van der Waals surface area (Å²) in [5, 5.41) is 6.11. The van der Waals surface area contributed by atoms with Gasteiger partial charge < -0.3 is 4.74 Å². The summed E-state index contributed by atoms with van der Waals surface area (Å²) in [6.45, 7) is 4.70. The maximum atomic E-state index is 11.7. The number of nitrogens with one attached hydrogen (secondary N) is 2. The summed E-state index contributed by atoms with van der Waals surface area (Å²) in [6.07, 6.45) is 3.45. The maximum Gasteiger partial charge on any atom is 0.243 e. The van der Waals surface area contributed by atoms with E-state index in [1.165, 1.54) is 12.4 Å². The Bertz CT molecular complexity index is 440. The van der Waals surface area contributed by atoms with Gasteiger partial charge in [0, 0.05) is 25.8 Å². The van der Waals surface area contributed by atoms with Gasteiger partial charge in [0.05, 0.1) is 19.4 Å². The minimum atomic E-state index is -3.41. The Morgan fingerprint density at radius 3 is 2.89 bits per heavy atom. The van der Waals surface area contributed by atoms with Crippen LogP contribution in [0.1, 0.15) is 6.42 Å². The van der Waals surface area contributed by atoms with Crippen molar-refractivity contribution in [2.45, 2.75) is 11.3 Å². The zero-order valence-electron chi connectivity index (χ0n) is 10.1. The number of nitrogens with zero attached hydrogens (tertiary/aromatic N) is 2. The monoisotopic (exact) mass is 274 g/mol. The minimum Gasteiger partial charge on any atom is -0.379 e. The summed E-state index contributed by atoms with van der Waals surface area (Å²) < 4.78 is 31.3. The SMILES string of the molecule is O=S(=O)(NCCCN1CCOCC1)c1cn[nH]c1. The molecule has 1 aliphatic rings. The Balaban J connectivity index is 1.69. The van der Waals surface area contributed by atoms with Gasteiger partial charge in [-0.1, -0.05) is 0 Å². The zero-order chi connectivity index (χ0) is 12.8. The molecule has 2 N–H and O–H groups in total. The van der Waals surface area contributed by atoms with Crippen molar-refractivity contribution in [1.29, 1.82) is 0 Å². The molecule has 102 valence electrons. The van der Waals surface area contributed by atoms with E-state index in [-0.39, 0.29) is 4.90 Å². The molecule has 0 atom stereocenters. The molecule has 1 aliphatic heterocycles. The van der Waals surface area contributed by atoms with Crippen LogP contribution >= 0.6 is 0 Å². The zero-order valence-corrected chi connectivity index (χ0v) is 10.9. The molecule has 18 heavy (non-hydrogen) atoms. The second kappa shape index (κ2) is 6.28. The van der Waals surface area contributed by atoms with Crippen molar-refractivity contribution in [3.05, 3.63) is 12.4 Å². The summed E-state index contributed by atoms with van der Waals surface area (Å²) >= 11 is 0. The summed E-state index contributed by atoms with van der Waals surface area (Å²) in [4.78, 5) is 2.45. The first-order valence-corrected chi connectivity index (χ1v) is 7.45. The van der Waals surface area contributed by atoms with E-state index in [4.69, 9.17) is 4.74 Å². The van der Waals surface area contributed by atoms with Crippen LogP contribution in [-0.2, 0) is 14.8 Å². The number of H-pyrrole nitrogens is 1. The fraction of sp³-hybridized carbons (Fsp3) is 0.700. The molecule has 0 radical (unpaired) electrons. The van der Waals surface area contributed by atoms with Crippen molar-refractivity contribution in [3.63, 3.8) is 0 Å². The standard InChI is InChI=1S/C10H18N4O3S/c15-18(16,10-8-11-12-9-10)13-2-1-3-14-4-6-17-7-5-14/h8-9,13H,1-7H2,(H,11,12). The van der Waals surface area contributed by atoms with Gasteiger partial charge in [-0.15, -0.1) is 0 Å². The Hall–Kier alpha value is -0.960. The Labute approximate surface area is 107 Å². The van der Waals surface area contributed by atoms with Crippen LogP contribution < -0.4 is 4.72 Å². The second-order valence-corrected chi connectivity index (χ2v) is 5.91. The van der Waals surface area contributed by atoms with Crippen LogP contribution in [0, 0.1) is 0 Å². The third-order valence-corrected chi connectivity index (χ3v) is 4.26. The highest BCUT2D eigenvalue weighted by atomic mass is 32.2. The van der Waals surface area contributed by atoms with E-state index in [9.17, 15) is 8.42 Å². The fourth-order valence-corrected chi connectivity index (χ4v) is 2.78. The molecule has 7 nitrogen and oxygen atoms in total. The molecule has 0 aliphatic carbocycles. The average molecular weight is 274 g/mol. The van der Waals surface area contributed by atoms with Crippen molar-refractivity contribution in [2.75, 3.05) is 39.4 Å². The lowest BCUT2D eigenvalue weighted by molar-refractivity contribution is 0.0376. The molecule has 0 amide bonds. The molecule has 1 saturated heterocycles. The number of aromatic nitrogens is 2. The van der Waals surface area contributed by atoms with Crippen molar-refractivity contribution in [3.8, 4) is 0 Å². The lowest BCUT2D eigenvalue weighted by Gasteiger charge is -2.26. The third kappa shape index (κ3) is 3.77. The van der Waals surface area contributed by atoms with E-state index in [1.807, 2.05) is 0 Å².